The van der Waals surface area contributed by atoms with Gasteiger partial charge in [-0.1, -0.05) is 13.3 Å². The third-order valence-electron chi connectivity index (χ3n) is 4.07. The van der Waals surface area contributed by atoms with Crippen LogP contribution < -0.4 is 5.32 Å². The molecule has 1 saturated heterocycles. The number of halogens is 1. The number of hydrogen-bond acceptors (Lipinski definition) is 3. The molecule has 134 valence electrons. The molecule has 2 rings (SSSR count). The van der Waals surface area contributed by atoms with Gasteiger partial charge in [0.2, 0.25) is 10.0 Å². The van der Waals surface area contributed by atoms with E-state index in [-0.39, 0.29) is 30.1 Å². The zero-order chi connectivity index (χ0) is 17.7. The van der Waals surface area contributed by atoms with E-state index in [1.165, 1.54) is 16.4 Å². The smallest absolute Gasteiger partial charge is 0.317 e. The van der Waals surface area contributed by atoms with E-state index in [4.69, 9.17) is 0 Å². The van der Waals surface area contributed by atoms with Crippen LogP contribution in [0.15, 0.2) is 29.2 Å². The van der Waals surface area contributed by atoms with Crippen LogP contribution in [0.2, 0.25) is 0 Å². The lowest BCUT2D eigenvalue weighted by Gasteiger charge is -2.34. The van der Waals surface area contributed by atoms with Gasteiger partial charge in [0, 0.05) is 32.2 Å². The molecule has 1 heterocycles. The van der Waals surface area contributed by atoms with Crippen molar-refractivity contribution in [2.45, 2.75) is 37.6 Å². The number of piperazine rings is 1. The second-order valence-corrected chi connectivity index (χ2v) is 7.92. The average Bonchev–Trinajstić information content (AvgIpc) is 2.55. The molecule has 1 aliphatic rings. The van der Waals surface area contributed by atoms with Crippen molar-refractivity contribution in [3.8, 4) is 0 Å². The predicted molar refractivity (Wildman–Crippen MR) is 89.6 cm³/mol. The van der Waals surface area contributed by atoms with Crippen LogP contribution in [0.1, 0.15) is 26.7 Å². The summed E-state index contributed by atoms with van der Waals surface area (Å²) in [6.07, 6.45) is 1.90. The minimum absolute atomic E-state index is 0.0679. The first kappa shape index (κ1) is 18.7. The summed E-state index contributed by atoms with van der Waals surface area (Å²) in [5.41, 5.74) is 0. The minimum atomic E-state index is -3.65. The molecule has 24 heavy (non-hydrogen) atoms. The highest BCUT2D eigenvalue weighted by atomic mass is 32.2. The Labute approximate surface area is 142 Å². The Bertz CT molecular complexity index is 656. The van der Waals surface area contributed by atoms with E-state index in [1.54, 1.807) is 4.90 Å². The number of rotatable bonds is 5. The molecular weight excluding hydrogens is 333 g/mol. The zero-order valence-electron chi connectivity index (χ0n) is 14.0. The van der Waals surface area contributed by atoms with Crippen molar-refractivity contribution in [1.29, 1.82) is 0 Å². The SMILES string of the molecule is CCC[C@@H](C)NC(=O)N1CCN(S(=O)(=O)c2ccc(F)cc2)CC1. The second-order valence-electron chi connectivity index (χ2n) is 5.98. The van der Waals surface area contributed by atoms with Crippen LogP contribution in [0.4, 0.5) is 9.18 Å². The number of benzene rings is 1. The maximum Gasteiger partial charge on any atom is 0.317 e. The Morgan fingerprint density at radius 1 is 1.21 bits per heavy atom. The van der Waals surface area contributed by atoms with Gasteiger partial charge in [0.05, 0.1) is 4.90 Å². The normalized spacial score (nSPS) is 17.5. The molecule has 1 aliphatic heterocycles. The lowest BCUT2D eigenvalue weighted by atomic mass is 10.2. The van der Waals surface area contributed by atoms with Gasteiger partial charge >= 0.3 is 6.03 Å². The number of carbonyl (C=O) groups is 1. The zero-order valence-corrected chi connectivity index (χ0v) is 14.9. The van der Waals surface area contributed by atoms with Crippen LogP contribution in [-0.2, 0) is 10.0 Å². The first-order valence-corrected chi connectivity index (χ1v) is 9.59. The average molecular weight is 357 g/mol. The Hall–Kier alpha value is -1.67. The van der Waals surface area contributed by atoms with E-state index in [0.29, 0.717) is 13.1 Å². The first-order valence-electron chi connectivity index (χ1n) is 8.15. The monoisotopic (exact) mass is 357 g/mol. The van der Waals surface area contributed by atoms with E-state index in [0.717, 1.165) is 25.0 Å². The fourth-order valence-electron chi connectivity index (χ4n) is 2.69. The highest BCUT2D eigenvalue weighted by molar-refractivity contribution is 7.89. The van der Waals surface area contributed by atoms with E-state index < -0.39 is 15.8 Å². The molecule has 0 aromatic heterocycles. The van der Waals surface area contributed by atoms with Gasteiger partial charge in [0.25, 0.3) is 0 Å². The van der Waals surface area contributed by atoms with Crippen LogP contribution in [0.25, 0.3) is 0 Å². The molecule has 0 unspecified atom stereocenters. The molecule has 1 N–H and O–H groups in total. The van der Waals surface area contributed by atoms with Gasteiger partial charge in [-0.2, -0.15) is 4.31 Å². The molecule has 0 aliphatic carbocycles. The summed E-state index contributed by atoms with van der Waals surface area (Å²) in [5, 5.41) is 2.92. The summed E-state index contributed by atoms with van der Waals surface area (Å²) >= 11 is 0. The van der Waals surface area contributed by atoms with Gasteiger partial charge < -0.3 is 10.2 Å². The van der Waals surface area contributed by atoms with Gasteiger partial charge in [0.15, 0.2) is 0 Å². The van der Waals surface area contributed by atoms with Gasteiger partial charge in [-0.15, -0.1) is 0 Å². The molecule has 2 amide bonds. The molecule has 1 aromatic rings. The number of nitrogens with one attached hydrogen (secondary N) is 1. The van der Waals surface area contributed by atoms with Gasteiger partial charge in [-0.25, -0.2) is 17.6 Å². The van der Waals surface area contributed by atoms with E-state index >= 15 is 0 Å². The largest absolute Gasteiger partial charge is 0.336 e. The number of sulfonamides is 1. The summed E-state index contributed by atoms with van der Waals surface area (Å²) in [6, 6.07) is 4.72. The molecule has 0 saturated carbocycles. The molecule has 1 fully saturated rings. The summed E-state index contributed by atoms with van der Waals surface area (Å²) < 4.78 is 39.3. The summed E-state index contributed by atoms with van der Waals surface area (Å²) in [4.78, 5) is 13.8. The van der Waals surface area contributed by atoms with Gasteiger partial charge in [-0.3, -0.25) is 0 Å². The van der Waals surface area contributed by atoms with Crippen LogP contribution in [-0.4, -0.2) is 55.9 Å². The number of carbonyl (C=O) groups excluding carboxylic acids is 1. The highest BCUT2D eigenvalue weighted by Gasteiger charge is 2.30. The number of urea groups is 1. The van der Waals surface area contributed by atoms with Crippen LogP contribution in [0.3, 0.4) is 0 Å². The maximum absolute atomic E-state index is 13.0. The quantitative estimate of drug-likeness (QED) is 0.877. The number of amides is 2. The molecule has 6 nitrogen and oxygen atoms in total. The summed E-state index contributed by atoms with van der Waals surface area (Å²) in [5.74, 6) is -0.475. The van der Waals surface area contributed by atoms with Gasteiger partial charge in [0.1, 0.15) is 5.82 Å². The minimum Gasteiger partial charge on any atom is -0.336 e. The Morgan fingerprint density at radius 2 is 1.79 bits per heavy atom. The lowest BCUT2D eigenvalue weighted by molar-refractivity contribution is 0.169. The summed E-state index contributed by atoms with van der Waals surface area (Å²) in [6.45, 7) is 5.15. The van der Waals surface area contributed by atoms with E-state index in [2.05, 4.69) is 12.2 Å². The van der Waals surface area contributed by atoms with Crippen LogP contribution in [0, 0.1) is 5.82 Å². The van der Waals surface area contributed by atoms with Crippen LogP contribution in [0.5, 0.6) is 0 Å². The van der Waals surface area contributed by atoms with Crippen molar-refractivity contribution in [2.75, 3.05) is 26.2 Å². The highest BCUT2D eigenvalue weighted by Crippen LogP contribution is 2.18. The fourth-order valence-corrected chi connectivity index (χ4v) is 4.12. The second kappa shape index (κ2) is 7.94. The topological polar surface area (TPSA) is 69.7 Å². The lowest BCUT2D eigenvalue weighted by Crippen LogP contribution is -2.54. The maximum atomic E-state index is 13.0. The van der Waals surface area contributed by atoms with Crippen molar-refractivity contribution < 1.29 is 17.6 Å². The third-order valence-corrected chi connectivity index (χ3v) is 5.98. The van der Waals surface area contributed by atoms with Gasteiger partial charge in [-0.05, 0) is 37.6 Å². The third kappa shape index (κ3) is 4.45. The fraction of sp³-hybridized carbons (Fsp3) is 0.562. The van der Waals surface area contributed by atoms with Crippen molar-refractivity contribution in [2.24, 2.45) is 0 Å². The molecular formula is C16H24FN3O3S. The molecule has 0 spiro atoms. The van der Waals surface area contributed by atoms with E-state index in [1.807, 2.05) is 6.92 Å². The van der Waals surface area contributed by atoms with Crippen molar-refractivity contribution in [3.63, 3.8) is 0 Å². The van der Waals surface area contributed by atoms with Crippen molar-refractivity contribution >= 4 is 16.1 Å². The Balaban J connectivity index is 1.94. The Kier molecular flexibility index (Phi) is 6.17. The van der Waals surface area contributed by atoms with E-state index in [9.17, 15) is 17.6 Å². The van der Waals surface area contributed by atoms with Crippen LogP contribution >= 0.6 is 0 Å². The standard InChI is InChI=1S/C16H24FN3O3S/c1-3-4-13(2)18-16(21)19-9-11-20(12-10-19)24(22,23)15-7-5-14(17)6-8-15/h5-8,13H,3-4,9-12H2,1-2H3,(H,18,21)/t13-/m1/s1. The molecule has 0 bridgehead atoms. The molecule has 1 aromatic carbocycles. The number of hydrogen-bond donors (Lipinski definition) is 1. The van der Waals surface area contributed by atoms with Crippen molar-refractivity contribution in [3.05, 3.63) is 30.1 Å². The Morgan fingerprint density at radius 3 is 2.33 bits per heavy atom. The first-order chi connectivity index (χ1) is 11.3. The molecule has 0 radical (unpaired) electrons. The number of nitrogens with zero attached hydrogens (tertiary/aromatic N) is 2. The molecule has 8 heteroatoms. The predicted octanol–water partition coefficient (Wildman–Crippen LogP) is 2.03. The molecule has 1 atom stereocenters. The van der Waals surface area contributed by atoms with Crippen molar-refractivity contribution in [1.82, 2.24) is 14.5 Å². The summed E-state index contributed by atoms with van der Waals surface area (Å²) in [7, 11) is -3.65.